The maximum Gasteiger partial charge on any atom is 0.381 e. The number of aromatic nitrogens is 2. The lowest BCUT2D eigenvalue weighted by atomic mass is 9.86. The number of carbonyl (C=O) groups is 1. The number of nitrogens with zero attached hydrogens (tertiary/aromatic N) is 3. The Morgan fingerprint density at radius 1 is 1.71 bits per heavy atom. The van der Waals surface area contributed by atoms with Crippen molar-refractivity contribution < 1.29 is 14.8 Å². The molecule has 1 aromatic heterocycles. The summed E-state index contributed by atoms with van der Waals surface area (Å²) in [5, 5.41) is 23.0. The van der Waals surface area contributed by atoms with Crippen LogP contribution in [0.2, 0.25) is 0 Å². The van der Waals surface area contributed by atoms with E-state index >= 15 is 0 Å². The van der Waals surface area contributed by atoms with E-state index in [0.717, 1.165) is 19.3 Å². The summed E-state index contributed by atoms with van der Waals surface area (Å²) in [5.74, 6) is -0.0634. The number of amides is 1. The number of nitrogens with one attached hydrogen (secondary N) is 1. The quantitative estimate of drug-likeness (QED) is 0.616. The zero-order valence-corrected chi connectivity index (χ0v) is 12.2. The summed E-state index contributed by atoms with van der Waals surface area (Å²) in [4.78, 5) is 26.0. The summed E-state index contributed by atoms with van der Waals surface area (Å²) in [6, 6.07) is -0.0613. The first-order chi connectivity index (χ1) is 9.85. The molecule has 0 bridgehead atoms. The van der Waals surface area contributed by atoms with Crippen LogP contribution in [0.3, 0.4) is 0 Å². The molecule has 0 radical (unpaired) electrons. The van der Waals surface area contributed by atoms with Crippen LogP contribution in [0.15, 0.2) is 6.20 Å². The Labute approximate surface area is 122 Å². The van der Waals surface area contributed by atoms with Crippen molar-refractivity contribution in [2.45, 2.75) is 45.7 Å². The minimum absolute atomic E-state index is 0.00924. The molecule has 8 nitrogen and oxygen atoms in total. The molecule has 116 valence electrons. The number of hydrogen-bond donors (Lipinski definition) is 2. The molecule has 2 atom stereocenters. The summed E-state index contributed by atoms with van der Waals surface area (Å²) in [5.41, 5.74) is -0.286. The van der Waals surface area contributed by atoms with E-state index in [1.54, 1.807) is 6.92 Å². The number of carbonyl (C=O) groups excluding carboxylic acids is 1. The predicted octanol–water partition coefficient (Wildman–Crippen LogP) is 0.767. The third kappa shape index (κ3) is 3.21. The van der Waals surface area contributed by atoms with Gasteiger partial charge in [-0.15, -0.1) is 0 Å². The van der Waals surface area contributed by atoms with Crippen molar-refractivity contribution >= 4 is 11.7 Å². The number of nitro groups is 1. The fourth-order valence-corrected chi connectivity index (χ4v) is 2.80. The first-order valence-electron chi connectivity index (χ1n) is 6.94. The second-order valence-electron chi connectivity index (χ2n) is 5.86. The fraction of sp³-hybridized carbons (Fsp3) is 0.692. The van der Waals surface area contributed by atoms with E-state index in [0.29, 0.717) is 5.82 Å². The molecule has 21 heavy (non-hydrogen) atoms. The molecule has 2 unspecified atom stereocenters. The van der Waals surface area contributed by atoms with Crippen LogP contribution in [0.1, 0.15) is 32.0 Å². The Balaban J connectivity index is 2.00. The van der Waals surface area contributed by atoms with Crippen molar-refractivity contribution in [1.82, 2.24) is 14.9 Å². The van der Waals surface area contributed by atoms with Crippen LogP contribution in [0.5, 0.6) is 0 Å². The molecule has 1 fully saturated rings. The highest BCUT2D eigenvalue weighted by Crippen LogP contribution is 2.37. The molecule has 0 spiro atoms. The zero-order chi connectivity index (χ0) is 15.6. The molecule has 1 aromatic rings. The van der Waals surface area contributed by atoms with Gasteiger partial charge in [0.05, 0.1) is 6.61 Å². The summed E-state index contributed by atoms with van der Waals surface area (Å²) in [7, 11) is 0. The second kappa shape index (κ2) is 5.80. The first kappa shape index (κ1) is 15.4. The lowest BCUT2D eigenvalue weighted by Gasteiger charge is -2.30. The average Bonchev–Trinajstić information content (AvgIpc) is 2.95. The standard InChI is InChI=1S/C13H20N4O4/c1-9-14-11(17(20)21)6-16(9)7-12(19)15-10-4-3-5-13(10,2)8-18/h6,10,18H,3-5,7-8H2,1-2H3,(H,15,19). The first-order valence-corrected chi connectivity index (χ1v) is 6.94. The Morgan fingerprint density at radius 3 is 3.00 bits per heavy atom. The van der Waals surface area contributed by atoms with Gasteiger partial charge in [0, 0.05) is 18.4 Å². The molecule has 8 heteroatoms. The summed E-state index contributed by atoms with van der Waals surface area (Å²) in [6.07, 6.45) is 3.95. The van der Waals surface area contributed by atoms with Gasteiger partial charge < -0.3 is 20.5 Å². The van der Waals surface area contributed by atoms with Crippen molar-refractivity contribution in [3.8, 4) is 0 Å². The van der Waals surface area contributed by atoms with Crippen LogP contribution in [-0.4, -0.2) is 38.1 Å². The number of aliphatic hydroxyl groups is 1. The molecule has 1 aliphatic carbocycles. The highest BCUT2D eigenvalue weighted by molar-refractivity contribution is 5.76. The van der Waals surface area contributed by atoms with E-state index in [1.807, 2.05) is 6.92 Å². The summed E-state index contributed by atoms with van der Waals surface area (Å²) >= 11 is 0. The molecule has 1 aliphatic rings. The number of aryl methyl sites for hydroxylation is 1. The molecule has 0 saturated heterocycles. The lowest BCUT2D eigenvalue weighted by Crippen LogP contribution is -2.45. The van der Waals surface area contributed by atoms with Crippen molar-refractivity contribution in [1.29, 1.82) is 0 Å². The van der Waals surface area contributed by atoms with Gasteiger partial charge in [-0.25, -0.2) is 0 Å². The van der Waals surface area contributed by atoms with Gasteiger partial charge in [0.15, 0.2) is 0 Å². The van der Waals surface area contributed by atoms with Crippen LogP contribution in [0, 0.1) is 22.5 Å². The highest BCUT2D eigenvalue weighted by Gasteiger charge is 2.39. The van der Waals surface area contributed by atoms with Crippen molar-refractivity contribution in [3.63, 3.8) is 0 Å². The predicted molar refractivity (Wildman–Crippen MR) is 74.6 cm³/mol. The van der Waals surface area contributed by atoms with Gasteiger partial charge in [-0.3, -0.25) is 9.36 Å². The Kier molecular flexibility index (Phi) is 4.26. The topological polar surface area (TPSA) is 110 Å². The average molecular weight is 296 g/mol. The highest BCUT2D eigenvalue weighted by atomic mass is 16.6. The third-order valence-corrected chi connectivity index (χ3v) is 4.24. The Morgan fingerprint density at radius 2 is 2.43 bits per heavy atom. The van der Waals surface area contributed by atoms with E-state index in [1.165, 1.54) is 10.8 Å². The summed E-state index contributed by atoms with van der Waals surface area (Å²) < 4.78 is 1.46. The second-order valence-corrected chi connectivity index (χ2v) is 5.86. The Hall–Kier alpha value is -1.96. The number of hydrogen-bond acceptors (Lipinski definition) is 5. The minimum Gasteiger partial charge on any atom is -0.396 e. The van der Waals surface area contributed by atoms with Gasteiger partial charge in [0.1, 0.15) is 12.7 Å². The van der Waals surface area contributed by atoms with Gasteiger partial charge in [-0.1, -0.05) is 13.3 Å². The van der Waals surface area contributed by atoms with Crippen LogP contribution >= 0.6 is 0 Å². The molecule has 1 amide bonds. The van der Waals surface area contributed by atoms with Crippen LogP contribution in [0.4, 0.5) is 5.82 Å². The molecule has 1 heterocycles. The van der Waals surface area contributed by atoms with Crippen LogP contribution in [0.25, 0.3) is 0 Å². The Bertz CT molecular complexity index is 556. The molecule has 1 saturated carbocycles. The number of imidazole rings is 1. The maximum absolute atomic E-state index is 12.1. The van der Waals surface area contributed by atoms with Crippen LogP contribution in [-0.2, 0) is 11.3 Å². The number of aliphatic hydroxyl groups excluding tert-OH is 1. The van der Waals surface area contributed by atoms with E-state index in [4.69, 9.17) is 0 Å². The third-order valence-electron chi connectivity index (χ3n) is 4.24. The van der Waals surface area contributed by atoms with Gasteiger partial charge >= 0.3 is 5.82 Å². The molecule has 2 N–H and O–H groups in total. The minimum atomic E-state index is -0.582. The SMILES string of the molecule is Cc1nc([N+](=O)[O-])cn1CC(=O)NC1CCCC1(C)CO. The molecule has 2 rings (SSSR count). The maximum atomic E-state index is 12.1. The van der Waals surface area contributed by atoms with Gasteiger partial charge in [-0.05, 0) is 22.7 Å². The molecule has 0 aromatic carbocycles. The van der Waals surface area contributed by atoms with Gasteiger partial charge in [0.2, 0.25) is 11.7 Å². The smallest absolute Gasteiger partial charge is 0.381 e. The van der Waals surface area contributed by atoms with E-state index in [-0.39, 0.29) is 36.3 Å². The van der Waals surface area contributed by atoms with E-state index < -0.39 is 4.92 Å². The lowest BCUT2D eigenvalue weighted by molar-refractivity contribution is -0.389. The van der Waals surface area contributed by atoms with E-state index in [2.05, 4.69) is 10.3 Å². The largest absolute Gasteiger partial charge is 0.396 e. The van der Waals surface area contributed by atoms with Crippen molar-refractivity contribution in [2.24, 2.45) is 5.41 Å². The van der Waals surface area contributed by atoms with Crippen molar-refractivity contribution in [3.05, 3.63) is 22.1 Å². The van der Waals surface area contributed by atoms with Gasteiger partial charge in [-0.2, -0.15) is 0 Å². The fourth-order valence-electron chi connectivity index (χ4n) is 2.80. The molecular weight excluding hydrogens is 276 g/mol. The van der Waals surface area contributed by atoms with Gasteiger partial charge in [0.25, 0.3) is 0 Å². The van der Waals surface area contributed by atoms with Crippen molar-refractivity contribution in [2.75, 3.05) is 6.61 Å². The zero-order valence-electron chi connectivity index (χ0n) is 12.2. The number of rotatable bonds is 5. The van der Waals surface area contributed by atoms with Crippen LogP contribution < -0.4 is 5.32 Å². The monoisotopic (exact) mass is 296 g/mol. The molecule has 0 aliphatic heterocycles. The normalized spacial score (nSPS) is 25.0. The van der Waals surface area contributed by atoms with E-state index in [9.17, 15) is 20.0 Å². The summed E-state index contributed by atoms with van der Waals surface area (Å²) in [6.45, 7) is 3.60. The molecular formula is C13H20N4O4.